The number of piperidine rings is 1. The smallest absolute Gasteiger partial charge is 0.224 e. The van der Waals surface area contributed by atoms with E-state index < -0.39 is 0 Å². The van der Waals surface area contributed by atoms with Crippen LogP contribution in [0.4, 0.5) is 0 Å². The third kappa shape index (κ3) is 2.93. The van der Waals surface area contributed by atoms with Crippen molar-refractivity contribution >= 4 is 22.9 Å². The van der Waals surface area contributed by atoms with Gasteiger partial charge in [0, 0.05) is 68.2 Å². The zero-order valence-corrected chi connectivity index (χ0v) is 16.2. The number of fused-ring (bicyclic) bond motifs is 3. The molecule has 0 saturated carbocycles. The van der Waals surface area contributed by atoms with E-state index >= 15 is 0 Å². The molecule has 0 aromatic carbocycles. The highest BCUT2D eigenvalue weighted by Gasteiger charge is 2.31. The van der Waals surface area contributed by atoms with Crippen LogP contribution in [0.15, 0.2) is 43.3 Å². The Hall–Kier alpha value is -2.89. The van der Waals surface area contributed by atoms with E-state index in [0.29, 0.717) is 24.9 Å². The molecule has 2 aliphatic rings. The number of hydrogen-bond acceptors (Lipinski definition) is 3. The first-order chi connectivity index (χ1) is 13.7. The van der Waals surface area contributed by atoms with Gasteiger partial charge in [-0.1, -0.05) is 19.1 Å². The molecule has 6 nitrogen and oxygen atoms in total. The number of likely N-dealkylation sites (tertiary alicyclic amines) is 1. The normalized spacial score (nSPS) is 21.4. The van der Waals surface area contributed by atoms with Crippen LogP contribution in [0.25, 0.3) is 17.0 Å². The summed E-state index contributed by atoms with van der Waals surface area (Å²) in [5.41, 5.74) is 3.67. The summed E-state index contributed by atoms with van der Waals surface area (Å²) in [5, 5.41) is 1.18. The van der Waals surface area contributed by atoms with Crippen molar-refractivity contribution in [3.8, 4) is 0 Å². The molecule has 5 rings (SSSR count). The van der Waals surface area contributed by atoms with Crippen molar-refractivity contribution in [1.82, 2.24) is 24.0 Å². The van der Waals surface area contributed by atoms with Gasteiger partial charge in [-0.3, -0.25) is 9.78 Å². The highest BCUT2D eigenvalue weighted by atomic mass is 16.2. The number of amides is 1. The fraction of sp³-hybridized carbons (Fsp3) is 0.409. The molecule has 0 N–H and O–H groups in total. The topological polar surface area (TPSA) is 56.0 Å². The Morgan fingerprint density at radius 2 is 2.25 bits per heavy atom. The van der Waals surface area contributed by atoms with E-state index in [0.717, 1.165) is 31.6 Å². The van der Waals surface area contributed by atoms with Gasteiger partial charge in [-0.2, -0.15) is 0 Å². The van der Waals surface area contributed by atoms with Crippen LogP contribution in [0.2, 0.25) is 0 Å². The van der Waals surface area contributed by atoms with Crippen LogP contribution in [0.3, 0.4) is 0 Å². The molecule has 3 aromatic heterocycles. The molecule has 3 aromatic rings. The number of imidazole rings is 1. The number of aromatic nitrogens is 4. The fourth-order valence-corrected chi connectivity index (χ4v) is 4.56. The first-order valence-corrected chi connectivity index (χ1v) is 10.1. The second-order valence-electron chi connectivity index (χ2n) is 7.98. The van der Waals surface area contributed by atoms with Gasteiger partial charge in [0.25, 0.3) is 0 Å². The van der Waals surface area contributed by atoms with E-state index in [2.05, 4.69) is 45.9 Å². The van der Waals surface area contributed by atoms with Crippen LogP contribution in [0.5, 0.6) is 0 Å². The molecule has 6 heteroatoms. The van der Waals surface area contributed by atoms with Crippen molar-refractivity contribution in [2.75, 3.05) is 13.1 Å². The number of carbonyl (C=O) groups excluding carboxylic acids is 1. The maximum absolute atomic E-state index is 12.8. The Bertz CT molecular complexity index is 1030. The lowest BCUT2D eigenvalue weighted by atomic mass is 9.92. The van der Waals surface area contributed by atoms with Crippen molar-refractivity contribution in [2.24, 2.45) is 5.92 Å². The summed E-state index contributed by atoms with van der Waals surface area (Å²) in [6, 6.07) is 2.45. The van der Waals surface area contributed by atoms with Crippen molar-refractivity contribution < 1.29 is 4.79 Å². The minimum Gasteiger partial charge on any atom is -0.342 e. The van der Waals surface area contributed by atoms with Gasteiger partial charge in [0.1, 0.15) is 0 Å². The average molecular weight is 375 g/mol. The van der Waals surface area contributed by atoms with Gasteiger partial charge in [0.05, 0.1) is 23.6 Å². The highest BCUT2D eigenvalue weighted by Crippen LogP contribution is 2.35. The van der Waals surface area contributed by atoms with Crippen LogP contribution >= 0.6 is 0 Å². The molecule has 1 fully saturated rings. The van der Waals surface area contributed by atoms with Crippen molar-refractivity contribution in [2.45, 2.75) is 38.8 Å². The second-order valence-corrected chi connectivity index (χ2v) is 7.98. The summed E-state index contributed by atoms with van der Waals surface area (Å²) < 4.78 is 4.36. The Morgan fingerprint density at radius 3 is 3.11 bits per heavy atom. The van der Waals surface area contributed by atoms with Gasteiger partial charge in [0.2, 0.25) is 5.91 Å². The standard InChI is InChI=1S/C22H25N5O/c1-16-5-10-26(21(28)7-9-25-12-8-23-15-25)14-20(16)27-11-6-17-13-24-19-4-2-3-18(19)22(17)27/h2-3,6,8,11-13,15-16,20H,4-5,7,9-10,14H2,1H3/t16-,20+/m1/s1. The molecule has 144 valence electrons. The first kappa shape index (κ1) is 17.2. The number of pyridine rings is 1. The van der Waals surface area contributed by atoms with E-state index in [-0.39, 0.29) is 5.91 Å². The summed E-state index contributed by atoms with van der Waals surface area (Å²) in [5.74, 6) is 0.761. The zero-order valence-electron chi connectivity index (χ0n) is 16.2. The molecule has 1 amide bonds. The molecule has 0 bridgehead atoms. The largest absolute Gasteiger partial charge is 0.342 e. The molecule has 4 heterocycles. The first-order valence-electron chi connectivity index (χ1n) is 10.1. The molecule has 1 aliphatic carbocycles. The monoisotopic (exact) mass is 375 g/mol. The highest BCUT2D eigenvalue weighted by molar-refractivity contribution is 5.90. The van der Waals surface area contributed by atoms with Gasteiger partial charge < -0.3 is 14.0 Å². The van der Waals surface area contributed by atoms with Crippen molar-refractivity contribution in [1.29, 1.82) is 0 Å². The van der Waals surface area contributed by atoms with Crippen molar-refractivity contribution in [3.63, 3.8) is 0 Å². The van der Waals surface area contributed by atoms with E-state index in [1.807, 2.05) is 21.9 Å². The fourth-order valence-electron chi connectivity index (χ4n) is 4.56. The molecule has 2 atom stereocenters. The molecule has 0 unspecified atom stereocenters. The van der Waals surface area contributed by atoms with E-state index in [9.17, 15) is 4.79 Å². The minimum atomic E-state index is 0.230. The summed E-state index contributed by atoms with van der Waals surface area (Å²) in [4.78, 5) is 23.5. The number of rotatable bonds is 4. The SMILES string of the molecule is C[C@@H]1CCN(C(=O)CCn2ccnc2)C[C@@H]1n1ccc2cnc3c(c21)C=CC3. The third-order valence-corrected chi connectivity index (χ3v) is 6.24. The molecule has 0 spiro atoms. The zero-order chi connectivity index (χ0) is 19.1. The van der Waals surface area contributed by atoms with Crippen LogP contribution in [0, 0.1) is 5.92 Å². The van der Waals surface area contributed by atoms with Gasteiger partial charge in [-0.25, -0.2) is 4.98 Å². The number of nitrogens with zero attached hydrogens (tertiary/aromatic N) is 5. The van der Waals surface area contributed by atoms with Crippen molar-refractivity contribution in [3.05, 3.63) is 54.5 Å². The number of allylic oxidation sites excluding steroid dienone is 1. The van der Waals surface area contributed by atoms with Crippen LogP contribution in [-0.2, 0) is 17.8 Å². The minimum absolute atomic E-state index is 0.230. The molecular weight excluding hydrogens is 350 g/mol. The van der Waals surface area contributed by atoms with Gasteiger partial charge in [-0.05, 0) is 18.4 Å². The van der Waals surface area contributed by atoms with E-state index in [1.165, 1.54) is 16.5 Å². The Labute approximate surface area is 164 Å². The number of aryl methyl sites for hydroxylation is 1. The summed E-state index contributed by atoms with van der Waals surface area (Å²) >= 11 is 0. The predicted molar refractivity (Wildman–Crippen MR) is 109 cm³/mol. The molecule has 1 saturated heterocycles. The van der Waals surface area contributed by atoms with Gasteiger partial charge in [-0.15, -0.1) is 0 Å². The Morgan fingerprint density at radius 1 is 1.32 bits per heavy atom. The average Bonchev–Trinajstić information content (AvgIpc) is 3.45. The van der Waals surface area contributed by atoms with Crippen LogP contribution < -0.4 is 0 Å². The molecule has 1 aliphatic heterocycles. The van der Waals surface area contributed by atoms with E-state index in [4.69, 9.17) is 0 Å². The third-order valence-electron chi connectivity index (χ3n) is 6.24. The molecule has 0 radical (unpaired) electrons. The maximum Gasteiger partial charge on any atom is 0.224 e. The lowest BCUT2D eigenvalue weighted by Crippen LogP contribution is -2.44. The Balaban J connectivity index is 1.39. The number of carbonyl (C=O) groups is 1. The van der Waals surface area contributed by atoms with Crippen LogP contribution in [0.1, 0.15) is 37.1 Å². The summed E-state index contributed by atoms with van der Waals surface area (Å²) in [6.45, 7) is 4.61. The lowest BCUT2D eigenvalue weighted by Gasteiger charge is -2.38. The summed E-state index contributed by atoms with van der Waals surface area (Å²) in [7, 11) is 0. The summed E-state index contributed by atoms with van der Waals surface area (Å²) in [6.07, 6.45) is 16.4. The second kappa shape index (κ2) is 6.93. The van der Waals surface area contributed by atoms with Gasteiger partial charge >= 0.3 is 0 Å². The maximum atomic E-state index is 12.8. The van der Waals surface area contributed by atoms with Gasteiger partial charge in [0.15, 0.2) is 0 Å². The quantitative estimate of drug-likeness (QED) is 0.703. The molecule has 28 heavy (non-hydrogen) atoms. The van der Waals surface area contributed by atoms with Crippen LogP contribution in [-0.4, -0.2) is 43.0 Å². The Kier molecular flexibility index (Phi) is 4.26. The molecular formula is C22H25N5O. The lowest BCUT2D eigenvalue weighted by molar-refractivity contribution is -0.133. The number of hydrogen-bond donors (Lipinski definition) is 0. The predicted octanol–water partition coefficient (Wildman–Crippen LogP) is 3.30. The van der Waals surface area contributed by atoms with E-state index in [1.54, 1.807) is 12.5 Å².